The number of carbonyl (C=O) groups is 1. The van der Waals surface area contributed by atoms with Crippen molar-refractivity contribution in [2.24, 2.45) is 0 Å². The average molecular weight is 259 g/mol. The van der Waals surface area contributed by atoms with Gasteiger partial charge in [-0.1, -0.05) is 31.2 Å². The quantitative estimate of drug-likeness (QED) is 0.655. The summed E-state index contributed by atoms with van der Waals surface area (Å²) in [4.78, 5) is 11.3. The van der Waals surface area contributed by atoms with Crippen LogP contribution in [0.3, 0.4) is 0 Å². The smallest absolute Gasteiger partial charge is 0.341 e. The van der Waals surface area contributed by atoms with Gasteiger partial charge >= 0.3 is 5.97 Å². The Kier molecular flexibility index (Phi) is 3.65. The van der Waals surface area contributed by atoms with E-state index in [0.29, 0.717) is 5.02 Å². The predicted octanol–water partition coefficient (Wildman–Crippen LogP) is 2.38. The first-order valence-corrected chi connectivity index (χ1v) is 8.76. The minimum atomic E-state index is -1.62. The Balaban J connectivity index is 3.33. The van der Waals surface area contributed by atoms with Crippen molar-refractivity contribution >= 4 is 30.8 Å². The third-order valence-corrected chi connectivity index (χ3v) is 4.80. The van der Waals surface area contributed by atoms with Crippen LogP contribution in [0, 0.1) is 0 Å². The Morgan fingerprint density at radius 2 is 1.94 bits per heavy atom. The van der Waals surface area contributed by atoms with Crippen LogP contribution < -0.4 is 5.19 Å². The zero-order valence-electron chi connectivity index (χ0n) is 9.80. The summed E-state index contributed by atoms with van der Waals surface area (Å²) in [6.07, 6.45) is 0. The van der Waals surface area contributed by atoms with Crippen molar-refractivity contribution in [2.75, 3.05) is 7.11 Å². The van der Waals surface area contributed by atoms with Crippen LogP contribution in [0.4, 0.5) is 0 Å². The lowest BCUT2D eigenvalue weighted by molar-refractivity contribution is 0.0597. The highest BCUT2D eigenvalue weighted by molar-refractivity contribution is 6.90. The van der Waals surface area contributed by atoms with Crippen LogP contribution >= 0.6 is 11.6 Å². The monoisotopic (exact) mass is 258 g/mol. The van der Waals surface area contributed by atoms with Crippen molar-refractivity contribution in [1.29, 1.82) is 0 Å². The molecule has 5 heteroatoms. The summed E-state index contributed by atoms with van der Waals surface area (Å²) in [6.45, 7) is 6.35. The second-order valence-electron chi connectivity index (χ2n) is 4.59. The number of methoxy groups -OCH3 is 1. The van der Waals surface area contributed by atoms with E-state index in [1.807, 2.05) is 0 Å². The Labute approximate surface area is 101 Å². The third-order valence-electron chi connectivity index (χ3n) is 2.30. The first-order chi connectivity index (χ1) is 7.27. The summed E-state index contributed by atoms with van der Waals surface area (Å²) in [7, 11) is -0.355. The maximum atomic E-state index is 11.3. The van der Waals surface area contributed by atoms with Gasteiger partial charge in [-0.05, 0) is 17.3 Å². The predicted molar refractivity (Wildman–Crippen MR) is 67.4 cm³/mol. The molecule has 0 aromatic heterocycles. The topological polar surface area (TPSA) is 46.5 Å². The Morgan fingerprint density at radius 1 is 1.38 bits per heavy atom. The van der Waals surface area contributed by atoms with Crippen LogP contribution in [0.25, 0.3) is 0 Å². The summed E-state index contributed by atoms with van der Waals surface area (Å²) in [5, 5.41) is 11.2. The van der Waals surface area contributed by atoms with Crippen LogP contribution in [0.2, 0.25) is 24.7 Å². The van der Waals surface area contributed by atoms with E-state index in [1.165, 1.54) is 13.2 Å². The molecule has 0 bridgehead atoms. The van der Waals surface area contributed by atoms with Crippen LogP contribution in [0.5, 0.6) is 5.75 Å². The SMILES string of the molecule is COC(=O)c1cc(Cl)c([Si](C)(C)C)cc1O. The highest BCUT2D eigenvalue weighted by atomic mass is 35.5. The normalized spacial score (nSPS) is 11.3. The van der Waals surface area contributed by atoms with Crippen molar-refractivity contribution in [3.63, 3.8) is 0 Å². The van der Waals surface area contributed by atoms with Gasteiger partial charge in [0.05, 0.1) is 15.2 Å². The number of carbonyl (C=O) groups excluding carboxylic acids is 1. The van der Waals surface area contributed by atoms with Gasteiger partial charge in [-0.2, -0.15) is 0 Å². The van der Waals surface area contributed by atoms with Gasteiger partial charge in [0.15, 0.2) is 0 Å². The molecule has 0 spiro atoms. The maximum Gasteiger partial charge on any atom is 0.341 e. The Morgan fingerprint density at radius 3 is 2.38 bits per heavy atom. The molecule has 0 saturated carbocycles. The first-order valence-electron chi connectivity index (χ1n) is 4.88. The van der Waals surface area contributed by atoms with Crippen LogP contribution in [-0.4, -0.2) is 26.3 Å². The van der Waals surface area contributed by atoms with Gasteiger partial charge < -0.3 is 9.84 Å². The second kappa shape index (κ2) is 4.47. The van der Waals surface area contributed by atoms with E-state index in [1.54, 1.807) is 6.07 Å². The van der Waals surface area contributed by atoms with Gasteiger partial charge in [-0.25, -0.2) is 4.79 Å². The van der Waals surface area contributed by atoms with E-state index in [4.69, 9.17) is 11.6 Å². The van der Waals surface area contributed by atoms with Crippen molar-refractivity contribution in [3.8, 4) is 5.75 Å². The molecule has 0 fully saturated rings. The van der Waals surface area contributed by atoms with E-state index >= 15 is 0 Å². The van der Waals surface area contributed by atoms with Gasteiger partial charge in [0.1, 0.15) is 11.3 Å². The molecule has 1 aromatic rings. The summed E-state index contributed by atoms with van der Waals surface area (Å²) < 4.78 is 4.55. The van der Waals surface area contributed by atoms with Crippen molar-refractivity contribution in [2.45, 2.75) is 19.6 Å². The van der Waals surface area contributed by atoms with E-state index in [2.05, 4.69) is 24.4 Å². The largest absolute Gasteiger partial charge is 0.507 e. The number of rotatable bonds is 2. The van der Waals surface area contributed by atoms with Gasteiger partial charge in [0.2, 0.25) is 0 Å². The van der Waals surface area contributed by atoms with E-state index in [-0.39, 0.29) is 11.3 Å². The average Bonchev–Trinajstić information content (AvgIpc) is 2.18. The standard InChI is InChI=1S/C11H15ClO3Si/c1-15-11(14)7-5-8(12)10(6-9(7)13)16(2,3)4/h5-6,13H,1-4H3. The van der Waals surface area contributed by atoms with Gasteiger partial charge in [0.25, 0.3) is 0 Å². The summed E-state index contributed by atoms with van der Waals surface area (Å²) in [6, 6.07) is 3.04. The maximum absolute atomic E-state index is 11.3. The molecule has 0 aliphatic rings. The fraction of sp³-hybridized carbons (Fsp3) is 0.364. The molecule has 0 aliphatic heterocycles. The number of aromatic hydroxyl groups is 1. The number of hydrogen-bond acceptors (Lipinski definition) is 3. The third kappa shape index (κ3) is 2.57. The zero-order valence-corrected chi connectivity index (χ0v) is 11.6. The molecule has 0 aliphatic carbocycles. The molecule has 1 aromatic carbocycles. The fourth-order valence-electron chi connectivity index (χ4n) is 1.41. The van der Waals surface area contributed by atoms with Crippen LogP contribution in [0.1, 0.15) is 10.4 Å². The molecule has 3 nitrogen and oxygen atoms in total. The van der Waals surface area contributed by atoms with E-state index in [9.17, 15) is 9.90 Å². The van der Waals surface area contributed by atoms with Crippen LogP contribution in [0.15, 0.2) is 12.1 Å². The van der Waals surface area contributed by atoms with Crippen molar-refractivity contribution in [1.82, 2.24) is 0 Å². The van der Waals surface area contributed by atoms with Gasteiger partial charge in [-0.15, -0.1) is 0 Å². The number of benzene rings is 1. The zero-order chi connectivity index (χ0) is 12.5. The van der Waals surface area contributed by atoms with Crippen molar-refractivity contribution < 1.29 is 14.6 Å². The fourth-order valence-corrected chi connectivity index (χ4v) is 3.78. The Hall–Kier alpha value is -1.00. The second-order valence-corrected chi connectivity index (χ2v) is 10.0. The minimum absolute atomic E-state index is 0.0753. The molecule has 1 N–H and O–H groups in total. The van der Waals surface area contributed by atoms with Gasteiger partial charge in [0, 0.05) is 5.02 Å². The minimum Gasteiger partial charge on any atom is -0.507 e. The number of hydrogen-bond donors (Lipinski definition) is 1. The number of phenolic OH excluding ortho intramolecular Hbond substituents is 1. The molecular weight excluding hydrogens is 244 g/mol. The summed E-state index contributed by atoms with van der Waals surface area (Å²) in [5.41, 5.74) is 0.106. The molecular formula is C11H15ClO3Si. The van der Waals surface area contributed by atoms with Crippen molar-refractivity contribution in [3.05, 3.63) is 22.7 Å². The summed E-state index contributed by atoms with van der Waals surface area (Å²) >= 11 is 6.10. The molecule has 88 valence electrons. The van der Waals surface area contributed by atoms with E-state index in [0.717, 1.165) is 5.19 Å². The van der Waals surface area contributed by atoms with Crippen LogP contribution in [-0.2, 0) is 4.74 Å². The molecule has 0 amide bonds. The highest BCUT2D eigenvalue weighted by Crippen LogP contribution is 2.23. The molecule has 16 heavy (non-hydrogen) atoms. The molecule has 0 radical (unpaired) electrons. The molecule has 0 atom stereocenters. The first kappa shape index (κ1) is 13.1. The number of halogens is 1. The lowest BCUT2D eigenvalue weighted by Gasteiger charge is -2.19. The van der Waals surface area contributed by atoms with Gasteiger partial charge in [-0.3, -0.25) is 0 Å². The molecule has 0 saturated heterocycles. The lowest BCUT2D eigenvalue weighted by Crippen LogP contribution is -2.38. The number of esters is 1. The highest BCUT2D eigenvalue weighted by Gasteiger charge is 2.23. The number of ether oxygens (including phenoxy) is 1. The molecule has 1 rings (SSSR count). The molecule has 0 unspecified atom stereocenters. The molecule has 0 heterocycles. The number of phenols is 1. The lowest BCUT2D eigenvalue weighted by atomic mass is 10.2. The van der Waals surface area contributed by atoms with E-state index < -0.39 is 14.0 Å². The Bertz CT molecular complexity index is 424. The summed E-state index contributed by atoms with van der Waals surface area (Å²) in [5.74, 6) is -0.657.